The molecule has 0 atom stereocenters. The number of halogens is 1. The van der Waals surface area contributed by atoms with Gasteiger partial charge in [-0.1, -0.05) is 6.07 Å². The molecular formula is C10H16IMgNO. The Balaban J connectivity index is 0. The minimum atomic E-state index is 0. The number of aryl methyl sites for hydroxylation is 1. The summed E-state index contributed by atoms with van der Waals surface area (Å²) in [5.41, 5.74) is 0. The van der Waals surface area contributed by atoms with E-state index in [1.54, 1.807) is 0 Å². The third-order valence-corrected chi connectivity index (χ3v) is 1.69. The minimum absolute atomic E-state index is 0. The van der Waals surface area contributed by atoms with Gasteiger partial charge in [0, 0.05) is 48.4 Å². The molecule has 0 N–H and O–H groups in total. The second-order valence-electron chi connectivity index (χ2n) is 2.86. The van der Waals surface area contributed by atoms with Gasteiger partial charge >= 0.3 is 0 Å². The molecule has 4 heteroatoms. The fourth-order valence-corrected chi connectivity index (χ4v) is 0.995. The summed E-state index contributed by atoms with van der Waals surface area (Å²) in [6.45, 7) is 2.00. The van der Waals surface area contributed by atoms with Gasteiger partial charge in [0.1, 0.15) is 7.05 Å². The van der Waals surface area contributed by atoms with Crippen molar-refractivity contribution in [1.82, 2.24) is 0 Å². The summed E-state index contributed by atoms with van der Waals surface area (Å²) in [6.07, 6.45) is 6.56. The number of rotatable bonds is 0. The Morgan fingerprint density at radius 3 is 1.71 bits per heavy atom. The number of hydrogen-bond donors (Lipinski definition) is 0. The van der Waals surface area contributed by atoms with E-state index in [9.17, 15) is 0 Å². The predicted molar refractivity (Wildman–Crippen MR) is 53.4 cm³/mol. The van der Waals surface area contributed by atoms with E-state index < -0.39 is 0 Å². The topological polar surface area (TPSA) is 13.1 Å². The monoisotopic (exact) mass is 317 g/mol. The van der Waals surface area contributed by atoms with Gasteiger partial charge < -0.3 is 28.7 Å². The molecule has 1 fully saturated rings. The summed E-state index contributed by atoms with van der Waals surface area (Å²) >= 11 is 0. The van der Waals surface area contributed by atoms with Gasteiger partial charge in [-0.25, -0.2) is 4.57 Å². The third kappa shape index (κ3) is 9.17. The van der Waals surface area contributed by atoms with Crippen LogP contribution in [-0.2, 0) is 11.8 Å². The summed E-state index contributed by atoms with van der Waals surface area (Å²) in [4.78, 5) is 0. The van der Waals surface area contributed by atoms with Gasteiger partial charge in [0.2, 0.25) is 0 Å². The second-order valence-corrected chi connectivity index (χ2v) is 2.86. The Morgan fingerprint density at radius 1 is 1.00 bits per heavy atom. The Hall–Kier alpha value is 0.606. The van der Waals surface area contributed by atoms with Crippen LogP contribution in [0.3, 0.4) is 0 Å². The van der Waals surface area contributed by atoms with Crippen molar-refractivity contribution < 1.29 is 33.3 Å². The quantitative estimate of drug-likeness (QED) is 0.304. The van der Waals surface area contributed by atoms with Crippen LogP contribution in [0.4, 0.5) is 0 Å². The first-order valence-electron chi connectivity index (χ1n) is 4.37. The largest absolute Gasteiger partial charge is 1.00 e. The highest BCUT2D eigenvalue weighted by atomic mass is 127. The molecule has 76 valence electrons. The summed E-state index contributed by atoms with van der Waals surface area (Å²) < 4.78 is 6.94. The van der Waals surface area contributed by atoms with E-state index in [0.29, 0.717) is 0 Å². The molecule has 2 rings (SSSR count). The first-order valence-corrected chi connectivity index (χ1v) is 4.37. The molecule has 0 aliphatic carbocycles. The first-order chi connectivity index (χ1) is 5.89. The van der Waals surface area contributed by atoms with Gasteiger partial charge in [-0.3, -0.25) is 0 Å². The lowest BCUT2D eigenvalue weighted by atomic mass is 10.4. The van der Waals surface area contributed by atoms with Crippen LogP contribution < -0.4 is 28.5 Å². The average Bonchev–Trinajstić information content (AvgIpc) is 2.62. The standard InChI is InChI=1S/C6H8N.C4H8O.HI.Mg/c1-7-5-3-2-4-6-7;1-2-4-5-3-1;;/h2-6H,1H3;1-4H2;1H;/q+1;;;/p-1. The van der Waals surface area contributed by atoms with Crippen LogP contribution in [0.5, 0.6) is 0 Å². The number of ether oxygens (including phenoxy) is 1. The Bertz CT molecular complexity index is 197. The van der Waals surface area contributed by atoms with Crippen LogP contribution >= 0.6 is 0 Å². The lowest BCUT2D eigenvalue weighted by Gasteiger charge is -1.77. The van der Waals surface area contributed by atoms with Crippen molar-refractivity contribution in [3.63, 3.8) is 0 Å². The van der Waals surface area contributed by atoms with E-state index in [-0.39, 0.29) is 47.0 Å². The van der Waals surface area contributed by atoms with Gasteiger partial charge in [0.15, 0.2) is 12.4 Å². The summed E-state index contributed by atoms with van der Waals surface area (Å²) in [5.74, 6) is 0. The van der Waals surface area contributed by atoms with E-state index >= 15 is 0 Å². The summed E-state index contributed by atoms with van der Waals surface area (Å²) in [7, 11) is 2.00. The highest BCUT2D eigenvalue weighted by molar-refractivity contribution is 5.75. The maximum atomic E-state index is 4.94. The average molecular weight is 317 g/mol. The number of aromatic nitrogens is 1. The first kappa shape index (κ1) is 17.0. The molecular weight excluding hydrogens is 301 g/mol. The van der Waals surface area contributed by atoms with E-state index in [4.69, 9.17) is 4.74 Å². The number of hydrogen-bond acceptors (Lipinski definition) is 1. The van der Waals surface area contributed by atoms with Crippen LogP contribution in [0.2, 0.25) is 0 Å². The van der Waals surface area contributed by atoms with E-state index in [1.165, 1.54) is 12.8 Å². The third-order valence-electron chi connectivity index (χ3n) is 1.69. The maximum absolute atomic E-state index is 4.94. The molecule has 0 bridgehead atoms. The fraction of sp³-hybridized carbons (Fsp3) is 0.500. The number of nitrogens with zero attached hydrogens (tertiary/aromatic N) is 1. The zero-order chi connectivity index (χ0) is 8.65. The minimum Gasteiger partial charge on any atom is -1.00 e. The molecule has 2 radical (unpaired) electrons. The lowest BCUT2D eigenvalue weighted by molar-refractivity contribution is -0.671. The number of pyridine rings is 1. The van der Waals surface area contributed by atoms with Crippen molar-refractivity contribution in [2.45, 2.75) is 12.8 Å². The lowest BCUT2D eigenvalue weighted by Crippen LogP contribution is -3.00. The van der Waals surface area contributed by atoms with E-state index in [1.807, 2.05) is 42.2 Å². The van der Waals surface area contributed by atoms with Crippen LogP contribution in [0.15, 0.2) is 30.6 Å². The van der Waals surface area contributed by atoms with Crippen molar-refractivity contribution in [2.75, 3.05) is 13.2 Å². The summed E-state index contributed by atoms with van der Waals surface area (Å²) in [6, 6.07) is 6.00. The molecule has 0 amide bonds. The van der Waals surface area contributed by atoms with Crippen LogP contribution in [-0.4, -0.2) is 36.3 Å². The summed E-state index contributed by atoms with van der Waals surface area (Å²) in [5, 5.41) is 0. The molecule has 1 aliphatic heterocycles. The molecule has 0 unspecified atom stereocenters. The van der Waals surface area contributed by atoms with Gasteiger partial charge in [-0.2, -0.15) is 0 Å². The maximum Gasteiger partial charge on any atom is 0.168 e. The van der Waals surface area contributed by atoms with E-state index in [0.717, 1.165) is 13.2 Å². The molecule has 2 heterocycles. The van der Waals surface area contributed by atoms with Crippen molar-refractivity contribution >= 4 is 23.1 Å². The van der Waals surface area contributed by atoms with Crippen LogP contribution in [0.1, 0.15) is 12.8 Å². The van der Waals surface area contributed by atoms with Crippen molar-refractivity contribution in [3.05, 3.63) is 30.6 Å². The van der Waals surface area contributed by atoms with Crippen molar-refractivity contribution in [2.24, 2.45) is 7.05 Å². The van der Waals surface area contributed by atoms with Gasteiger partial charge in [0.25, 0.3) is 0 Å². The van der Waals surface area contributed by atoms with Crippen molar-refractivity contribution in [1.29, 1.82) is 0 Å². The highest BCUT2D eigenvalue weighted by Crippen LogP contribution is 1.98. The van der Waals surface area contributed by atoms with Gasteiger partial charge in [-0.15, -0.1) is 0 Å². The van der Waals surface area contributed by atoms with Gasteiger partial charge in [0.05, 0.1) is 0 Å². The van der Waals surface area contributed by atoms with Crippen LogP contribution in [0.25, 0.3) is 0 Å². The van der Waals surface area contributed by atoms with Crippen LogP contribution in [0, 0.1) is 0 Å². The molecule has 1 aliphatic rings. The molecule has 1 aromatic rings. The molecule has 2 nitrogen and oxygen atoms in total. The molecule has 1 saturated heterocycles. The zero-order valence-electron chi connectivity index (χ0n) is 8.66. The fourth-order valence-electron chi connectivity index (χ4n) is 0.995. The zero-order valence-corrected chi connectivity index (χ0v) is 12.2. The Kier molecular flexibility index (Phi) is 14.2. The SMILES string of the molecule is C1CCOC1.C[n+]1ccccc1.[I-].[Mg]. The van der Waals surface area contributed by atoms with E-state index in [2.05, 4.69) is 0 Å². The molecule has 0 aromatic carbocycles. The highest BCUT2D eigenvalue weighted by Gasteiger charge is 1.94. The predicted octanol–water partition coefficient (Wildman–Crippen LogP) is -2.07. The Morgan fingerprint density at radius 2 is 1.50 bits per heavy atom. The molecule has 14 heavy (non-hydrogen) atoms. The molecule has 0 saturated carbocycles. The normalized spacial score (nSPS) is 12.9. The van der Waals surface area contributed by atoms with Gasteiger partial charge in [-0.05, 0) is 12.8 Å². The van der Waals surface area contributed by atoms with Crippen molar-refractivity contribution in [3.8, 4) is 0 Å². The molecule has 0 spiro atoms. The smallest absolute Gasteiger partial charge is 0.168 e. The Labute approximate surface area is 119 Å². The second kappa shape index (κ2) is 11.7. The molecule has 1 aromatic heterocycles.